The summed E-state index contributed by atoms with van der Waals surface area (Å²) in [5.74, 6) is -0.231. The molecular weight excluding hydrogens is 416 g/mol. The second-order valence-electron chi connectivity index (χ2n) is 8.37. The number of amides is 1. The van der Waals surface area contributed by atoms with E-state index >= 15 is 0 Å². The molecule has 1 amide bonds. The van der Waals surface area contributed by atoms with Crippen LogP contribution in [0.3, 0.4) is 0 Å². The van der Waals surface area contributed by atoms with Crippen LogP contribution in [0.2, 0.25) is 0 Å². The molecule has 170 valence electrons. The summed E-state index contributed by atoms with van der Waals surface area (Å²) in [6, 6.07) is 17.9. The minimum atomic E-state index is -0.362. The predicted molar refractivity (Wildman–Crippen MR) is 128 cm³/mol. The first-order chi connectivity index (χ1) is 16.0. The molecule has 1 unspecified atom stereocenters. The minimum Gasteiger partial charge on any atom is -0.392 e. The Bertz CT molecular complexity index is 1310. The first-order valence-electron chi connectivity index (χ1n) is 11.1. The van der Waals surface area contributed by atoms with Crippen LogP contribution in [0.15, 0.2) is 71.8 Å². The molecule has 7 nitrogen and oxygen atoms in total. The lowest BCUT2D eigenvalue weighted by molar-refractivity contribution is -0.122. The van der Waals surface area contributed by atoms with Gasteiger partial charge in [-0.05, 0) is 32.3 Å². The Morgan fingerprint density at radius 3 is 2.52 bits per heavy atom. The molecule has 0 aliphatic heterocycles. The number of aliphatic hydroxyl groups is 1. The summed E-state index contributed by atoms with van der Waals surface area (Å²) < 4.78 is 2.83. The van der Waals surface area contributed by atoms with Crippen LogP contribution in [-0.2, 0) is 24.4 Å². The van der Waals surface area contributed by atoms with Crippen LogP contribution in [0.4, 0.5) is 0 Å². The van der Waals surface area contributed by atoms with E-state index in [-0.39, 0.29) is 36.2 Å². The Hall–Kier alpha value is -3.71. The highest BCUT2D eigenvalue weighted by Crippen LogP contribution is 2.25. The van der Waals surface area contributed by atoms with Crippen LogP contribution < -0.4 is 10.9 Å². The molecule has 33 heavy (non-hydrogen) atoms. The fourth-order valence-corrected chi connectivity index (χ4v) is 3.94. The third kappa shape index (κ3) is 5.04. The third-order valence-corrected chi connectivity index (χ3v) is 5.77. The smallest absolute Gasteiger partial charge is 0.277 e. The van der Waals surface area contributed by atoms with Crippen molar-refractivity contribution in [3.63, 3.8) is 0 Å². The van der Waals surface area contributed by atoms with Gasteiger partial charge in [-0.25, -0.2) is 4.52 Å². The number of nitrogens with zero attached hydrogens (tertiary/aromatic N) is 3. The number of carbonyl (C=O) groups is 1. The zero-order valence-corrected chi connectivity index (χ0v) is 18.9. The van der Waals surface area contributed by atoms with E-state index < -0.39 is 0 Å². The van der Waals surface area contributed by atoms with Crippen LogP contribution >= 0.6 is 0 Å². The van der Waals surface area contributed by atoms with Gasteiger partial charge in [-0.1, -0.05) is 60.2 Å². The van der Waals surface area contributed by atoms with Crippen molar-refractivity contribution in [2.75, 3.05) is 0 Å². The van der Waals surface area contributed by atoms with Crippen molar-refractivity contribution in [2.24, 2.45) is 0 Å². The van der Waals surface area contributed by atoms with Crippen molar-refractivity contribution in [3.8, 4) is 11.3 Å². The highest BCUT2D eigenvalue weighted by molar-refractivity contribution is 5.76. The molecule has 2 N–H and O–H groups in total. The van der Waals surface area contributed by atoms with Crippen molar-refractivity contribution in [1.29, 1.82) is 0 Å². The number of fused-ring (bicyclic) bond motifs is 1. The lowest BCUT2D eigenvalue weighted by atomic mass is 10.1. The number of rotatable bonds is 8. The Labute approximate surface area is 192 Å². The molecule has 0 bridgehead atoms. The standard InChI is InChI=1S/C26H28N4O3/c1-18-8-12-21(13-9-18)24-22(17-31)25-26(33)29(14-15-30(25)28-24)16-23(32)27-19(2)10-11-20-6-4-3-5-7-20/h3-9,12-15,19,31H,10-11,16-17H2,1-2H3,(H,27,32). The van der Waals surface area contributed by atoms with Gasteiger partial charge >= 0.3 is 0 Å². The Morgan fingerprint density at radius 2 is 1.82 bits per heavy atom. The summed E-state index contributed by atoms with van der Waals surface area (Å²) in [4.78, 5) is 25.7. The molecule has 0 saturated carbocycles. The number of aromatic nitrogens is 3. The van der Waals surface area contributed by atoms with E-state index in [2.05, 4.69) is 22.5 Å². The van der Waals surface area contributed by atoms with Gasteiger partial charge in [-0.15, -0.1) is 0 Å². The molecule has 0 fully saturated rings. The van der Waals surface area contributed by atoms with Gasteiger partial charge in [0.05, 0.1) is 12.3 Å². The van der Waals surface area contributed by atoms with Gasteiger partial charge in [0.25, 0.3) is 5.56 Å². The number of aryl methyl sites for hydroxylation is 2. The minimum absolute atomic E-state index is 0.0201. The highest BCUT2D eigenvalue weighted by Gasteiger charge is 2.18. The van der Waals surface area contributed by atoms with Gasteiger partial charge < -0.3 is 15.0 Å². The topological polar surface area (TPSA) is 88.6 Å². The zero-order valence-electron chi connectivity index (χ0n) is 18.9. The Kier molecular flexibility index (Phi) is 6.70. The fraction of sp³-hybridized carbons (Fsp3) is 0.269. The molecule has 2 heterocycles. The second-order valence-corrected chi connectivity index (χ2v) is 8.37. The number of aliphatic hydroxyl groups excluding tert-OH is 1. The van der Waals surface area contributed by atoms with Crippen molar-refractivity contribution in [3.05, 3.63) is 94.0 Å². The molecule has 4 aromatic rings. The van der Waals surface area contributed by atoms with Crippen molar-refractivity contribution < 1.29 is 9.90 Å². The van der Waals surface area contributed by atoms with Crippen LogP contribution in [0, 0.1) is 6.92 Å². The third-order valence-electron chi connectivity index (χ3n) is 5.77. The first kappa shape index (κ1) is 22.5. The Balaban J connectivity index is 1.51. The molecule has 1 atom stereocenters. The maximum absolute atomic E-state index is 13.1. The number of hydrogen-bond acceptors (Lipinski definition) is 4. The van der Waals surface area contributed by atoms with Gasteiger partial charge in [0.1, 0.15) is 12.1 Å². The molecule has 0 spiro atoms. The van der Waals surface area contributed by atoms with E-state index in [1.165, 1.54) is 14.6 Å². The monoisotopic (exact) mass is 444 g/mol. The predicted octanol–water partition coefficient (Wildman–Crippen LogP) is 3.10. The van der Waals surface area contributed by atoms with Gasteiger partial charge in [-0.2, -0.15) is 5.10 Å². The zero-order chi connectivity index (χ0) is 23.4. The summed E-state index contributed by atoms with van der Waals surface area (Å²) in [6.07, 6.45) is 4.86. The number of benzene rings is 2. The molecular formula is C26H28N4O3. The average Bonchev–Trinajstić information content (AvgIpc) is 3.20. The van der Waals surface area contributed by atoms with Crippen molar-refractivity contribution in [2.45, 2.75) is 45.9 Å². The van der Waals surface area contributed by atoms with E-state index in [4.69, 9.17) is 0 Å². The average molecular weight is 445 g/mol. The van der Waals surface area contributed by atoms with E-state index in [1.807, 2.05) is 56.3 Å². The summed E-state index contributed by atoms with van der Waals surface area (Å²) in [7, 11) is 0. The number of carbonyl (C=O) groups excluding carboxylic acids is 1. The highest BCUT2D eigenvalue weighted by atomic mass is 16.3. The Morgan fingerprint density at radius 1 is 1.09 bits per heavy atom. The maximum atomic E-state index is 13.1. The van der Waals surface area contributed by atoms with Crippen LogP contribution in [0.25, 0.3) is 16.8 Å². The van der Waals surface area contributed by atoms with E-state index in [9.17, 15) is 14.7 Å². The SMILES string of the molecule is Cc1ccc(-c2nn3ccn(CC(=O)NC(C)CCc4ccccc4)c(=O)c3c2CO)cc1. The summed E-state index contributed by atoms with van der Waals surface area (Å²) in [5.41, 5.74) is 4.09. The molecule has 7 heteroatoms. The molecule has 4 rings (SSSR count). The van der Waals surface area contributed by atoms with Crippen LogP contribution in [0.5, 0.6) is 0 Å². The van der Waals surface area contributed by atoms with E-state index in [0.29, 0.717) is 11.3 Å². The summed E-state index contributed by atoms with van der Waals surface area (Å²) >= 11 is 0. The molecule has 2 aromatic carbocycles. The normalized spacial score (nSPS) is 12.1. The lowest BCUT2D eigenvalue weighted by Gasteiger charge is -2.14. The molecule has 0 saturated heterocycles. The fourth-order valence-electron chi connectivity index (χ4n) is 3.94. The van der Waals surface area contributed by atoms with Gasteiger partial charge in [0, 0.05) is 29.6 Å². The van der Waals surface area contributed by atoms with Crippen LogP contribution in [0.1, 0.15) is 30.0 Å². The molecule has 0 aliphatic carbocycles. The van der Waals surface area contributed by atoms with E-state index in [0.717, 1.165) is 24.0 Å². The van der Waals surface area contributed by atoms with Gasteiger partial charge in [0.15, 0.2) is 0 Å². The van der Waals surface area contributed by atoms with Crippen molar-refractivity contribution >= 4 is 11.4 Å². The second kappa shape index (κ2) is 9.83. The quantitative estimate of drug-likeness (QED) is 0.437. The summed E-state index contributed by atoms with van der Waals surface area (Å²) in [6.45, 7) is 3.53. The molecule has 0 radical (unpaired) electrons. The van der Waals surface area contributed by atoms with E-state index in [1.54, 1.807) is 12.4 Å². The lowest BCUT2D eigenvalue weighted by Crippen LogP contribution is -2.37. The maximum Gasteiger partial charge on any atom is 0.277 e. The molecule has 2 aromatic heterocycles. The van der Waals surface area contributed by atoms with Gasteiger partial charge in [0.2, 0.25) is 5.91 Å². The first-order valence-corrected chi connectivity index (χ1v) is 11.1. The number of nitrogens with one attached hydrogen (secondary N) is 1. The van der Waals surface area contributed by atoms with Gasteiger partial charge in [-0.3, -0.25) is 9.59 Å². The molecule has 0 aliphatic rings. The van der Waals surface area contributed by atoms with Crippen molar-refractivity contribution in [1.82, 2.24) is 19.5 Å². The van der Waals surface area contributed by atoms with Crippen LogP contribution in [-0.4, -0.2) is 31.2 Å². The largest absolute Gasteiger partial charge is 0.392 e. The summed E-state index contributed by atoms with van der Waals surface area (Å²) in [5, 5.41) is 17.5. The number of hydrogen-bond donors (Lipinski definition) is 2.